The Morgan fingerprint density at radius 1 is 1.47 bits per heavy atom. The van der Waals surface area contributed by atoms with Crippen LogP contribution in [-0.4, -0.2) is 19.6 Å². The van der Waals surface area contributed by atoms with Crippen molar-refractivity contribution in [1.82, 2.24) is 5.32 Å². The quantitative estimate of drug-likeness (QED) is 0.839. The number of esters is 1. The Morgan fingerprint density at radius 3 is 2.76 bits per heavy atom. The highest BCUT2D eigenvalue weighted by Crippen LogP contribution is 2.30. The highest BCUT2D eigenvalue weighted by atomic mass is 35.5. The molecule has 1 aromatic carbocycles. The van der Waals surface area contributed by atoms with Crippen molar-refractivity contribution >= 4 is 29.2 Å². The zero-order chi connectivity index (χ0) is 12.8. The molecule has 0 heterocycles. The van der Waals surface area contributed by atoms with Crippen LogP contribution in [-0.2, 0) is 9.53 Å². The van der Waals surface area contributed by atoms with E-state index in [1.807, 2.05) is 6.92 Å². The Balaban J connectivity index is 3.03. The molecular weight excluding hydrogens is 261 g/mol. The van der Waals surface area contributed by atoms with Gasteiger partial charge in [0.15, 0.2) is 0 Å². The lowest BCUT2D eigenvalue weighted by molar-refractivity contribution is -0.143. The first kappa shape index (κ1) is 14.3. The van der Waals surface area contributed by atoms with Gasteiger partial charge in [-0.3, -0.25) is 0 Å². The summed E-state index contributed by atoms with van der Waals surface area (Å²) >= 11 is 12.0. The molecule has 0 spiro atoms. The number of benzene rings is 1. The average Bonchev–Trinajstić information content (AvgIpc) is 2.34. The van der Waals surface area contributed by atoms with E-state index in [-0.39, 0.29) is 5.97 Å². The third-order valence-corrected chi connectivity index (χ3v) is 3.16. The molecule has 0 radical (unpaired) electrons. The van der Waals surface area contributed by atoms with Crippen LogP contribution in [0.2, 0.25) is 10.0 Å². The molecule has 0 fully saturated rings. The summed E-state index contributed by atoms with van der Waals surface area (Å²) in [4.78, 5) is 11.7. The molecule has 0 saturated carbocycles. The molecule has 1 aromatic rings. The molecule has 94 valence electrons. The lowest BCUT2D eigenvalue weighted by Crippen LogP contribution is -2.30. The number of methoxy groups -OCH3 is 1. The van der Waals surface area contributed by atoms with Crippen molar-refractivity contribution in [2.75, 3.05) is 13.7 Å². The van der Waals surface area contributed by atoms with Gasteiger partial charge in [-0.05, 0) is 19.0 Å². The van der Waals surface area contributed by atoms with Crippen LogP contribution in [0, 0.1) is 0 Å². The maximum atomic E-state index is 11.7. The standard InChI is InChI=1S/C12H15Cl2NO2/c1-3-7-15-11(12(16)17-2)8-5-4-6-9(13)10(8)14/h4-6,11,15H,3,7H2,1-2H3. The second kappa shape index (κ2) is 6.84. The first-order valence-corrected chi connectivity index (χ1v) is 6.12. The monoisotopic (exact) mass is 275 g/mol. The number of nitrogens with one attached hydrogen (secondary N) is 1. The molecule has 0 aromatic heterocycles. The van der Waals surface area contributed by atoms with Gasteiger partial charge in [0.05, 0.1) is 17.2 Å². The van der Waals surface area contributed by atoms with Gasteiger partial charge < -0.3 is 10.1 Å². The minimum atomic E-state index is -0.578. The van der Waals surface area contributed by atoms with Crippen LogP contribution in [0.5, 0.6) is 0 Å². The van der Waals surface area contributed by atoms with Crippen LogP contribution in [0.15, 0.2) is 18.2 Å². The maximum absolute atomic E-state index is 11.7. The van der Waals surface area contributed by atoms with E-state index in [1.165, 1.54) is 7.11 Å². The fourth-order valence-electron chi connectivity index (χ4n) is 1.47. The van der Waals surface area contributed by atoms with Crippen LogP contribution in [0.4, 0.5) is 0 Å². The van der Waals surface area contributed by atoms with Gasteiger partial charge in [-0.1, -0.05) is 42.3 Å². The molecule has 1 rings (SSSR count). The molecule has 0 amide bonds. The molecule has 0 aliphatic carbocycles. The minimum absolute atomic E-state index is 0.373. The van der Waals surface area contributed by atoms with Crippen molar-refractivity contribution in [3.63, 3.8) is 0 Å². The molecule has 0 aliphatic heterocycles. The molecule has 1 atom stereocenters. The predicted octanol–water partition coefficient (Wildman–Crippen LogP) is 3.21. The van der Waals surface area contributed by atoms with E-state index >= 15 is 0 Å². The molecule has 0 saturated heterocycles. The summed E-state index contributed by atoms with van der Waals surface area (Å²) in [6.07, 6.45) is 0.908. The van der Waals surface area contributed by atoms with Gasteiger partial charge in [0.1, 0.15) is 6.04 Å². The first-order valence-electron chi connectivity index (χ1n) is 5.37. The number of carbonyl (C=O) groups excluding carboxylic acids is 1. The van der Waals surface area contributed by atoms with Gasteiger partial charge in [-0.15, -0.1) is 0 Å². The van der Waals surface area contributed by atoms with Crippen molar-refractivity contribution in [1.29, 1.82) is 0 Å². The third-order valence-electron chi connectivity index (χ3n) is 2.33. The van der Waals surface area contributed by atoms with Gasteiger partial charge in [-0.2, -0.15) is 0 Å². The number of halogens is 2. The second-order valence-corrected chi connectivity index (χ2v) is 4.34. The number of ether oxygens (including phenoxy) is 1. The Hall–Kier alpha value is -0.770. The maximum Gasteiger partial charge on any atom is 0.327 e. The smallest absolute Gasteiger partial charge is 0.327 e. The van der Waals surface area contributed by atoms with Crippen LogP contribution in [0.1, 0.15) is 24.9 Å². The van der Waals surface area contributed by atoms with Gasteiger partial charge in [0.2, 0.25) is 0 Å². The minimum Gasteiger partial charge on any atom is -0.468 e. The highest BCUT2D eigenvalue weighted by Gasteiger charge is 2.23. The van der Waals surface area contributed by atoms with E-state index in [0.717, 1.165) is 6.42 Å². The molecule has 5 heteroatoms. The SMILES string of the molecule is CCCNC(C(=O)OC)c1cccc(Cl)c1Cl. The van der Waals surface area contributed by atoms with E-state index in [2.05, 4.69) is 5.32 Å². The predicted molar refractivity (Wildman–Crippen MR) is 69.5 cm³/mol. The Morgan fingerprint density at radius 2 is 2.18 bits per heavy atom. The highest BCUT2D eigenvalue weighted by molar-refractivity contribution is 6.42. The molecule has 0 bridgehead atoms. The first-order chi connectivity index (χ1) is 8.11. The summed E-state index contributed by atoms with van der Waals surface area (Å²) in [5.74, 6) is -0.373. The topological polar surface area (TPSA) is 38.3 Å². The van der Waals surface area contributed by atoms with E-state index in [0.29, 0.717) is 22.2 Å². The second-order valence-electron chi connectivity index (χ2n) is 3.55. The summed E-state index contributed by atoms with van der Waals surface area (Å²) in [6.45, 7) is 2.71. The number of hydrogen-bond acceptors (Lipinski definition) is 3. The lowest BCUT2D eigenvalue weighted by atomic mass is 10.1. The molecule has 1 unspecified atom stereocenters. The fraction of sp³-hybridized carbons (Fsp3) is 0.417. The number of rotatable bonds is 5. The third kappa shape index (κ3) is 3.60. The fourth-order valence-corrected chi connectivity index (χ4v) is 1.89. The van der Waals surface area contributed by atoms with Gasteiger partial charge in [-0.25, -0.2) is 4.79 Å². The summed E-state index contributed by atoms with van der Waals surface area (Å²) in [6, 6.07) is 4.62. The lowest BCUT2D eigenvalue weighted by Gasteiger charge is -2.18. The number of hydrogen-bond donors (Lipinski definition) is 1. The van der Waals surface area contributed by atoms with Crippen molar-refractivity contribution in [2.45, 2.75) is 19.4 Å². The zero-order valence-electron chi connectivity index (χ0n) is 9.80. The summed E-state index contributed by atoms with van der Waals surface area (Å²) in [5.41, 5.74) is 0.638. The molecule has 17 heavy (non-hydrogen) atoms. The van der Waals surface area contributed by atoms with Crippen molar-refractivity contribution in [3.05, 3.63) is 33.8 Å². The molecule has 0 aliphatic rings. The largest absolute Gasteiger partial charge is 0.468 e. The molecule has 1 N–H and O–H groups in total. The van der Waals surface area contributed by atoms with Crippen LogP contribution >= 0.6 is 23.2 Å². The molecular formula is C12H15Cl2NO2. The summed E-state index contributed by atoms with van der Waals surface area (Å²) < 4.78 is 4.76. The Kier molecular flexibility index (Phi) is 5.75. The summed E-state index contributed by atoms with van der Waals surface area (Å²) in [5, 5.41) is 3.90. The van der Waals surface area contributed by atoms with E-state index in [4.69, 9.17) is 27.9 Å². The summed E-state index contributed by atoms with van der Waals surface area (Å²) in [7, 11) is 1.35. The van der Waals surface area contributed by atoms with Gasteiger partial charge >= 0.3 is 5.97 Å². The zero-order valence-corrected chi connectivity index (χ0v) is 11.3. The van der Waals surface area contributed by atoms with Gasteiger partial charge in [0.25, 0.3) is 0 Å². The van der Waals surface area contributed by atoms with Crippen molar-refractivity contribution in [2.24, 2.45) is 0 Å². The van der Waals surface area contributed by atoms with Crippen LogP contribution in [0.3, 0.4) is 0 Å². The van der Waals surface area contributed by atoms with Crippen LogP contribution < -0.4 is 5.32 Å². The van der Waals surface area contributed by atoms with Gasteiger partial charge in [0, 0.05) is 5.56 Å². The average molecular weight is 276 g/mol. The number of carbonyl (C=O) groups is 1. The van der Waals surface area contributed by atoms with E-state index in [9.17, 15) is 4.79 Å². The Labute approximate surface area is 111 Å². The Bertz CT molecular complexity index is 396. The van der Waals surface area contributed by atoms with E-state index in [1.54, 1.807) is 18.2 Å². The molecule has 3 nitrogen and oxygen atoms in total. The van der Waals surface area contributed by atoms with E-state index < -0.39 is 6.04 Å². The van der Waals surface area contributed by atoms with Crippen LogP contribution in [0.25, 0.3) is 0 Å². The van der Waals surface area contributed by atoms with Crippen molar-refractivity contribution < 1.29 is 9.53 Å². The normalized spacial score (nSPS) is 12.2. The van der Waals surface area contributed by atoms with Crippen molar-refractivity contribution in [3.8, 4) is 0 Å².